The lowest BCUT2D eigenvalue weighted by molar-refractivity contribution is -0.115. The Morgan fingerprint density at radius 3 is 2.52 bits per heavy atom. The Morgan fingerprint density at radius 2 is 1.96 bits per heavy atom. The molecule has 0 bridgehead atoms. The first-order valence-electron chi connectivity index (χ1n) is 6.81. The van der Waals surface area contributed by atoms with Crippen LogP contribution in [0.15, 0.2) is 23.1 Å². The number of hydrogen-bond donors (Lipinski definition) is 2. The maximum absolute atomic E-state index is 12.2. The van der Waals surface area contributed by atoms with Crippen LogP contribution in [0.1, 0.15) is 5.56 Å². The molecule has 0 heterocycles. The van der Waals surface area contributed by atoms with Crippen LogP contribution in [0.5, 0.6) is 0 Å². The van der Waals surface area contributed by atoms with E-state index in [9.17, 15) is 13.2 Å². The van der Waals surface area contributed by atoms with Crippen molar-refractivity contribution in [1.29, 1.82) is 0 Å². The maximum atomic E-state index is 12.2. The van der Waals surface area contributed by atoms with Gasteiger partial charge in [-0.05, 0) is 24.6 Å². The predicted octanol–water partition coefficient (Wildman–Crippen LogP) is 0.842. The monoisotopic (exact) mass is 365 g/mol. The van der Waals surface area contributed by atoms with E-state index in [0.29, 0.717) is 24.4 Å². The molecular formula is C14H24ClN3O4S. The van der Waals surface area contributed by atoms with Crippen LogP contribution >= 0.6 is 12.4 Å². The van der Waals surface area contributed by atoms with Crippen molar-refractivity contribution in [2.75, 3.05) is 46.2 Å². The molecule has 1 rings (SSSR count). The summed E-state index contributed by atoms with van der Waals surface area (Å²) in [6.07, 6.45) is 0. The summed E-state index contributed by atoms with van der Waals surface area (Å²) in [5.41, 5.74) is 1.08. The predicted molar refractivity (Wildman–Crippen MR) is 92.7 cm³/mol. The van der Waals surface area contributed by atoms with Crippen LogP contribution in [0.3, 0.4) is 0 Å². The van der Waals surface area contributed by atoms with E-state index < -0.39 is 10.0 Å². The minimum absolute atomic E-state index is 0. The number of carbonyl (C=O) groups is 1. The third-order valence-corrected chi connectivity index (χ3v) is 4.96. The summed E-state index contributed by atoms with van der Waals surface area (Å²) in [6.45, 7) is 2.93. The molecule has 0 aliphatic rings. The van der Waals surface area contributed by atoms with E-state index in [0.717, 1.165) is 4.31 Å². The highest BCUT2D eigenvalue weighted by molar-refractivity contribution is 7.89. The number of benzene rings is 1. The lowest BCUT2D eigenvalue weighted by atomic mass is 10.2. The van der Waals surface area contributed by atoms with Crippen molar-refractivity contribution in [1.82, 2.24) is 9.62 Å². The normalized spacial score (nSPS) is 11.2. The highest BCUT2D eigenvalue weighted by atomic mass is 35.5. The van der Waals surface area contributed by atoms with Gasteiger partial charge in [0.25, 0.3) is 0 Å². The number of ether oxygens (including phenoxy) is 1. The van der Waals surface area contributed by atoms with Crippen LogP contribution in [-0.2, 0) is 19.6 Å². The zero-order chi connectivity index (χ0) is 16.8. The second-order valence-corrected chi connectivity index (χ2v) is 7.11. The lowest BCUT2D eigenvalue weighted by Gasteiger charge is -2.15. The molecule has 0 atom stereocenters. The van der Waals surface area contributed by atoms with E-state index in [1.54, 1.807) is 26.2 Å². The third kappa shape index (κ3) is 6.44. The summed E-state index contributed by atoms with van der Waals surface area (Å²) in [5.74, 6) is -0.242. The maximum Gasteiger partial charge on any atom is 0.242 e. The fraction of sp³-hybridized carbons (Fsp3) is 0.500. The fourth-order valence-corrected chi connectivity index (χ4v) is 2.88. The van der Waals surface area contributed by atoms with Crippen LogP contribution in [0.4, 0.5) is 5.69 Å². The molecule has 7 nitrogen and oxygen atoms in total. The average molecular weight is 366 g/mol. The standard InChI is InChI=1S/C14H23N3O4S.ClH/c1-11-5-6-12(9-13(11)22(19,20)17(2)3)16-14(18)10-15-7-8-21-4;/h5-6,9,15H,7-8,10H2,1-4H3,(H,16,18);1H. The second-order valence-electron chi connectivity index (χ2n) is 4.99. The molecule has 1 aromatic carbocycles. The number of methoxy groups -OCH3 is 1. The van der Waals surface area contributed by atoms with Crippen LogP contribution in [0.25, 0.3) is 0 Å². The molecule has 0 radical (unpaired) electrons. The zero-order valence-corrected chi connectivity index (χ0v) is 15.4. The Labute approximate surface area is 143 Å². The van der Waals surface area contributed by atoms with Gasteiger partial charge in [0.1, 0.15) is 0 Å². The molecule has 132 valence electrons. The smallest absolute Gasteiger partial charge is 0.242 e. The van der Waals surface area contributed by atoms with Gasteiger partial charge in [-0.3, -0.25) is 4.79 Å². The van der Waals surface area contributed by atoms with Gasteiger partial charge in [0.2, 0.25) is 15.9 Å². The van der Waals surface area contributed by atoms with E-state index >= 15 is 0 Å². The van der Waals surface area contributed by atoms with Crippen molar-refractivity contribution in [3.05, 3.63) is 23.8 Å². The molecule has 0 saturated carbocycles. The van der Waals surface area contributed by atoms with Crippen LogP contribution in [-0.4, -0.2) is 59.5 Å². The summed E-state index contributed by atoms with van der Waals surface area (Å²) in [4.78, 5) is 12.0. The summed E-state index contributed by atoms with van der Waals surface area (Å²) >= 11 is 0. The third-order valence-electron chi connectivity index (χ3n) is 3.00. The van der Waals surface area contributed by atoms with E-state index in [1.165, 1.54) is 20.2 Å². The molecule has 1 aromatic rings. The Morgan fingerprint density at radius 1 is 1.30 bits per heavy atom. The lowest BCUT2D eigenvalue weighted by Crippen LogP contribution is -2.30. The van der Waals surface area contributed by atoms with Gasteiger partial charge in [0.15, 0.2) is 0 Å². The number of hydrogen-bond acceptors (Lipinski definition) is 5. The molecule has 9 heteroatoms. The van der Waals surface area contributed by atoms with Crippen LogP contribution in [0.2, 0.25) is 0 Å². The second kappa shape index (κ2) is 9.84. The highest BCUT2D eigenvalue weighted by Crippen LogP contribution is 2.22. The fourth-order valence-electron chi connectivity index (χ4n) is 1.73. The summed E-state index contributed by atoms with van der Waals surface area (Å²) in [6, 6.07) is 4.82. The molecule has 0 aromatic heterocycles. The minimum atomic E-state index is -3.54. The number of carbonyl (C=O) groups excluding carboxylic acids is 1. The minimum Gasteiger partial charge on any atom is -0.383 e. The van der Waals surface area contributed by atoms with Crippen molar-refractivity contribution < 1.29 is 17.9 Å². The number of amides is 1. The van der Waals surface area contributed by atoms with Gasteiger partial charge in [0, 0.05) is 33.4 Å². The zero-order valence-electron chi connectivity index (χ0n) is 13.8. The number of anilines is 1. The Bertz CT molecular complexity index is 620. The number of halogens is 1. The molecule has 0 unspecified atom stereocenters. The summed E-state index contributed by atoms with van der Waals surface area (Å²) in [5, 5.41) is 5.59. The number of aryl methyl sites for hydroxylation is 1. The van der Waals surface area contributed by atoms with Crippen molar-refractivity contribution in [2.24, 2.45) is 0 Å². The molecule has 1 amide bonds. The van der Waals surface area contributed by atoms with Gasteiger partial charge >= 0.3 is 0 Å². The van der Waals surface area contributed by atoms with Gasteiger partial charge < -0.3 is 15.4 Å². The summed E-state index contributed by atoms with van der Waals surface area (Å²) < 4.78 is 30.5. The first kappa shape index (κ1) is 21.8. The molecule has 0 aliphatic heterocycles. The molecular weight excluding hydrogens is 342 g/mol. The van der Waals surface area contributed by atoms with Crippen molar-refractivity contribution in [2.45, 2.75) is 11.8 Å². The SMILES string of the molecule is COCCNCC(=O)Nc1ccc(C)c(S(=O)(=O)N(C)C)c1.Cl. The van der Waals surface area contributed by atoms with Gasteiger partial charge in [0.05, 0.1) is 18.0 Å². The molecule has 23 heavy (non-hydrogen) atoms. The van der Waals surface area contributed by atoms with Crippen molar-refractivity contribution >= 4 is 34.0 Å². The van der Waals surface area contributed by atoms with E-state index in [1.807, 2.05) is 0 Å². The molecule has 0 spiro atoms. The first-order valence-corrected chi connectivity index (χ1v) is 8.25. The number of sulfonamides is 1. The Kier molecular flexibility index (Phi) is 9.33. The van der Waals surface area contributed by atoms with Gasteiger partial charge in [-0.25, -0.2) is 12.7 Å². The van der Waals surface area contributed by atoms with E-state index in [2.05, 4.69) is 10.6 Å². The average Bonchev–Trinajstić information content (AvgIpc) is 2.45. The van der Waals surface area contributed by atoms with E-state index in [-0.39, 0.29) is 29.8 Å². The first-order chi connectivity index (χ1) is 10.3. The van der Waals surface area contributed by atoms with E-state index in [4.69, 9.17) is 4.74 Å². The number of rotatable bonds is 8. The molecule has 0 saturated heterocycles. The topological polar surface area (TPSA) is 87.7 Å². The Hall–Kier alpha value is -1.19. The van der Waals surface area contributed by atoms with Gasteiger partial charge in [-0.1, -0.05) is 6.07 Å². The quantitative estimate of drug-likeness (QED) is 0.666. The largest absolute Gasteiger partial charge is 0.383 e. The molecule has 0 aliphatic carbocycles. The van der Waals surface area contributed by atoms with Crippen molar-refractivity contribution in [3.63, 3.8) is 0 Å². The summed E-state index contributed by atoms with van der Waals surface area (Å²) in [7, 11) is 0.988. The van der Waals surface area contributed by atoms with Crippen LogP contribution < -0.4 is 10.6 Å². The van der Waals surface area contributed by atoms with Crippen LogP contribution in [0, 0.1) is 6.92 Å². The highest BCUT2D eigenvalue weighted by Gasteiger charge is 2.20. The molecule has 0 fully saturated rings. The van der Waals surface area contributed by atoms with Gasteiger partial charge in [-0.2, -0.15) is 0 Å². The number of nitrogens with zero attached hydrogens (tertiary/aromatic N) is 1. The molecule has 2 N–H and O–H groups in total. The Balaban J connectivity index is 0.00000484. The van der Waals surface area contributed by atoms with Gasteiger partial charge in [-0.15, -0.1) is 12.4 Å². The van der Waals surface area contributed by atoms with Crippen molar-refractivity contribution in [3.8, 4) is 0 Å². The number of nitrogens with one attached hydrogen (secondary N) is 2.